The molecule has 15 heavy (non-hydrogen) atoms. The van der Waals surface area contributed by atoms with Gasteiger partial charge in [-0.3, -0.25) is 4.68 Å². The summed E-state index contributed by atoms with van der Waals surface area (Å²) in [6, 6.07) is 0. The van der Waals surface area contributed by atoms with Crippen LogP contribution in [0.2, 0.25) is 5.15 Å². The van der Waals surface area contributed by atoms with Crippen LogP contribution in [0.15, 0.2) is 0 Å². The van der Waals surface area contributed by atoms with Gasteiger partial charge in [-0.15, -0.1) is 0 Å². The van der Waals surface area contributed by atoms with Crippen molar-refractivity contribution in [2.45, 2.75) is 25.8 Å². The van der Waals surface area contributed by atoms with Gasteiger partial charge in [-0.05, 0) is 20.3 Å². The molecule has 0 bridgehead atoms. The summed E-state index contributed by atoms with van der Waals surface area (Å²) >= 11 is 6.12. The highest BCUT2D eigenvalue weighted by molar-refractivity contribution is 6.30. The van der Waals surface area contributed by atoms with Crippen LogP contribution in [-0.4, -0.2) is 29.0 Å². The summed E-state index contributed by atoms with van der Waals surface area (Å²) in [5.74, 6) is 0. The molecule has 2 N–H and O–H groups in total. The Morgan fingerprint density at radius 3 is 2.60 bits per heavy atom. The van der Waals surface area contributed by atoms with Gasteiger partial charge in [0.1, 0.15) is 5.15 Å². The third kappa shape index (κ3) is 2.93. The van der Waals surface area contributed by atoms with Crippen molar-refractivity contribution in [3.63, 3.8) is 0 Å². The van der Waals surface area contributed by atoms with Gasteiger partial charge in [-0.25, -0.2) is 0 Å². The third-order valence-corrected chi connectivity index (χ3v) is 2.80. The van der Waals surface area contributed by atoms with E-state index in [1.807, 2.05) is 20.9 Å². The molecule has 86 valence electrons. The number of methoxy groups -OCH3 is 1. The topological polar surface area (TPSA) is 53.1 Å². The molecule has 0 amide bonds. The molecule has 0 saturated carbocycles. The van der Waals surface area contributed by atoms with E-state index in [-0.39, 0.29) is 0 Å². The summed E-state index contributed by atoms with van der Waals surface area (Å²) in [5.41, 5.74) is 7.60. The Morgan fingerprint density at radius 2 is 2.20 bits per heavy atom. The minimum atomic E-state index is -0.411. The monoisotopic (exact) mass is 231 g/mol. The number of hydrogen-bond donors (Lipinski definition) is 1. The van der Waals surface area contributed by atoms with Crippen LogP contribution in [0.1, 0.15) is 18.2 Å². The van der Waals surface area contributed by atoms with Crippen molar-refractivity contribution in [1.82, 2.24) is 9.78 Å². The molecule has 1 rings (SSSR count). The van der Waals surface area contributed by atoms with E-state index in [1.54, 1.807) is 11.8 Å². The maximum atomic E-state index is 6.12. The van der Waals surface area contributed by atoms with E-state index in [0.717, 1.165) is 11.3 Å². The number of halogens is 1. The summed E-state index contributed by atoms with van der Waals surface area (Å²) in [6.45, 7) is 4.38. The fraction of sp³-hybridized carbons (Fsp3) is 0.700. The van der Waals surface area contributed by atoms with E-state index in [9.17, 15) is 0 Å². The maximum Gasteiger partial charge on any atom is 0.130 e. The van der Waals surface area contributed by atoms with Crippen molar-refractivity contribution in [2.75, 3.05) is 13.7 Å². The molecule has 0 saturated heterocycles. The first-order chi connectivity index (χ1) is 6.87. The lowest BCUT2D eigenvalue weighted by Crippen LogP contribution is -2.43. The molecule has 0 radical (unpaired) electrons. The molecule has 0 aliphatic rings. The van der Waals surface area contributed by atoms with Crippen LogP contribution < -0.4 is 5.73 Å². The first-order valence-corrected chi connectivity index (χ1v) is 5.21. The lowest BCUT2D eigenvalue weighted by atomic mass is 9.95. The molecule has 0 spiro atoms. The van der Waals surface area contributed by atoms with Gasteiger partial charge >= 0.3 is 0 Å². The Balaban J connectivity index is 2.89. The van der Waals surface area contributed by atoms with E-state index in [1.165, 1.54) is 0 Å². The molecule has 1 aromatic heterocycles. The van der Waals surface area contributed by atoms with Gasteiger partial charge < -0.3 is 10.5 Å². The van der Waals surface area contributed by atoms with Gasteiger partial charge in [-0.1, -0.05) is 11.6 Å². The van der Waals surface area contributed by atoms with Crippen molar-refractivity contribution in [3.8, 4) is 0 Å². The van der Waals surface area contributed by atoms with Gasteiger partial charge in [0.05, 0.1) is 12.3 Å². The van der Waals surface area contributed by atoms with E-state index >= 15 is 0 Å². The third-order valence-electron chi connectivity index (χ3n) is 2.32. The Bertz CT molecular complexity index is 347. The van der Waals surface area contributed by atoms with Crippen LogP contribution in [0, 0.1) is 6.92 Å². The van der Waals surface area contributed by atoms with Crippen LogP contribution in [0.25, 0.3) is 0 Å². The molecule has 0 aromatic carbocycles. The minimum Gasteiger partial charge on any atom is -0.383 e. The second-order valence-electron chi connectivity index (χ2n) is 4.24. The smallest absolute Gasteiger partial charge is 0.130 e. The minimum absolute atomic E-state index is 0.411. The van der Waals surface area contributed by atoms with Crippen LogP contribution in [0.5, 0.6) is 0 Å². The highest BCUT2D eigenvalue weighted by Gasteiger charge is 2.23. The van der Waals surface area contributed by atoms with E-state index < -0.39 is 5.54 Å². The van der Waals surface area contributed by atoms with Gasteiger partial charge in [0.25, 0.3) is 0 Å². The summed E-state index contributed by atoms with van der Waals surface area (Å²) in [5, 5.41) is 4.90. The molecule has 0 aliphatic carbocycles. The molecule has 0 fully saturated rings. The van der Waals surface area contributed by atoms with Crippen molar-refractivity contribution in [3.05, 3.63) is 16.4 Å². The molecule has 5 heteroatoms. The number of hydrogen-bond acceptors (Lipinski definition) is 3. The highest BCUT2D eigenvalue weighted by Crippen LogP contribution is 2.22. The average molecular weight is 232 g/mol. The average Bonchev–Trinajstić information content (AvgIpc) is 2.32. The van der Waals surface area contributed by atoms with Crippen LogP contribution >= 0.6 is 11.6 Å². The fourth-order valence-electron chi connectivity index (χ4n) is 1.66. The second-order valence-corrected chi connectivity index (χ2v) is 4.60. The number of ether oxygens (including phenoxy) is 1. The van der Waals surface area contributed by atoms with E-state index in [4.69, 9.17) is 22.1 Å². The van der Waals surface area contributed by atoms with Crippen molar-refractivity contribution >= 4 is 11.6 Å². The molecule has 4 nitrogen and oxygen atoms in total. The molecule has 1 unspecified atom stereocenters. The maximum absolute atomic E-state index is 6.12. The van der Waals surface area contributed by atoms with Crippen molar-refractivity contribution in [1.29, 1.82) is 0 Å². The quantitative estimate of drug-likeness (QED) is 0.850. The zero-order valence-electron chi connectivity index (χ0n) is 9.67. The van der Waals surface area contributed by atoms with Gasteiger partial charge in [0.15, 0.2) is 0 Å². The predicted octanol–water partition coefficient (Wildman–Crippen LogP) is 1.29. The van der Waals surface area contributed by atoms with Gasteiger partial charge in [0, 0.05) is 25.3 Å². The number of aryl methyl sites for hydroxylation is 2. The summed E-state index contributed by atoms with van der Waals surface area (Å²) < 4.78 is 6.73. The van der Waals surface area contributed by atoms with Crippen LogP contribution in [0.3, 0.4) is 0 Å². The molecule has 1 aromatic rings. The van der Waals surface area contributed by atoms with Crippen LogP contribution in [-0.2, 0) is 18.2 Å². The Labute approximate surface area is 95.3 Å². The van der Waals surface area contributed by atoms with E-state index in [0.29, 0.717) is 18.2 Å². The molecule has 1 atom stereocenters. The second kappa shape index (κ2) is 4.51. The number of nitrogens with two attached hydrogens (primary N) is 1. The highest BCUT2D eigenvalue weighted by atomic mass is 35.5. The first kappa shape index (κ1) is 12.5. The van der Waals surface area contributed by atoms with Gasteiger partial charge in [-0.2, -0.15) is 5.10 Å². The zero-order valence-corrected chi connectivity index (χ0v) is 10.4. The number of rotatable bonds is 4. The predicted molar refractivity (Wildman–Crippen MR) is 61.1 cm³/mol. The standard InChI is InChI=1S/C10H18ClN3O/c1-7-8(9(11)14(3)13-7)5-10(2,12)6-15-4/h5-6,12H2,1-4H3. The molecule has 1 heterocycles. The van der Waals surface area contributed by atoms with Crippen molar-refractivity contribution in [2.24, 2.45) is 12.8 Å². The Morgan fingerprint density at radius 1 is 1.60 bits per heavy atom. The lowest BCUT2D eigenvalue weighted by molar-refractivity contribution is 0.141. The first-order valence-electron chi connectivity index (χ1n) is 4.83. The molecule has 0 aliphatic heterocycles. The Kier molecular flexibility index (Phi) is 3.76. The van der Waals surface area contributed by atoms with Crippen molar-refractivity contribution < 1.29 is 4.74 Å². The summed E-state index contributed by atoms with van der Waals surface area (Å²) in [6.07, 6.45) is 0.666. The largest absolute Gasteiger partial charge is 0.383 e. The SMILES string of the molecule is COCC(C)(N)Cc1c(C)nn(C)c1Cl. The fourth-order valence-corrected chi connectivity index (χ4v) is 1.90. The van der Waals surface area contributed by atoms with E-state index in [2.05, 4.69) is 5.10 Å². The number of nitrogens with zero attached hydrogens (tertiary/aromatic N) is 2. The normalized spacial score (nSPS) is 15.3. The van der Waals surface area contributed by atoms with Gasteiger partial charge in [0.2, 0.25) is 0 Å². The summed E-state index contributed by atoms with van der Waals surface area (Å²) in [4.78, 5) is 0. The molecular formula is C10H18ClN3O. The van der Waals surface area contributed by atoms with Crippen LogP contribution in [0.4, 0.5) is 0 Å². The summed E-state index contributed by atoms with van der Waals surface area (Å²) in [7, 11) is 3.46. The molecular weight excluding hydrogens is 214 g/mol. The Hall–Kier alpha value is -0.580. The zero-order chi connectivity index (χ0) is 11.6. The lowest BCUT2D eigenvalue weighted by Gasteiger charge is -2.23. The number of aromatic nitrogens is 2.